The summed E-state index contributed by atoms with van der Waals surface area (Å²) >= 11 is 0. The molecule has 2 atom stereocenters. The molecule has 0 spiro atoms. The van der Waals surface area contributed by atoms with Gasteiger partial charge in [0.25, 0.3) is 0 Å². The van der Waals surface area contributed by atoms with Gasteiger partial charge in [-0.1, -0.05) is 23.7 Å². The molecule has 0 radical (unpaired) electrons. The van der Waals surface area contributed by atoms with Gasteiger partial charge in [0.05, 0.1) is 0 Å². The molecular formula is C13H21N3O. The molecule has 94 valence electrons. The van der Waals surface area contributed by atoms with Crippen molar-refractivity contribution < 1.29 is 4.52 Å². The summed E-state index contributed by atoms with van der Waals surface area (Å²) in [6.07, 6.45) is 7.15. The van der Waals surface area contributed by atoms with Crippen molar-refractivity contribution in [1.29, 1.82) is 0 Å². The number of rotatable bonds is 5. The highest BCUT2D eigenvalue weighted by Crippen LogP contribution is 2.27. The lowest BCUT2D eigenvalue weighted by Crippen LogP contribution is -2.27. The first kappa shape index (κ1) is 12.3. The van der Waals surface area contributed by atoms with Gasteiger partial charge in [0, 0.05) is 13.0 Å². The Hall–Kier alpha value is -1.16. The summed E-state index contributed by atoms with van der Waals surface area (Å²) in [6.45, 7) is 6.55. The highest BCUT2D eigenvalue weighted by molar-refractivity contribution is 5.06. The van der Waals surface area contributed by atoms with E-state index in [0.29, 0.717) is 0 Å². The summed E-state index contributed by atoms with van der Waals surface area (Å²) in [6, 6.07) is 0. The predicted octanol–water partition coefficient (Wildman–Crippen LogP) is 2.19. The molecule has 1 N–H and O–H groups in total. The maximum Gasteiger partial charge on any atom is 0.213 e. The third-order valence-corrected chi connectivity index (χ3v) is 3.25. The highest BCUT2D eigenvalue weighted by Gasteiger charge is 2.17. The summed E-state index contributed by atoms with van der Waals surface area (Å²) in [7, 11) is 0. The van der Waals surface area contributed by atoms with E-state index in [1.165, 1.54) is 24.8 Å². The van der Waals surface area contributed by atoms with Crippen LogP contribution in [0.25, 0.3) is 0 Å². The summed E-state index contributed by atoms with van der Waals surface area (Å²) in [5.41, 5.74) is 1.54. The molecule has 4 nitrogen and oxygen atoms in total. The van der Waals surface area contributed by atoms with Crippen LogP contribution in [0.4, 0.5) is 0 Å². The summed E-state index contributed by atoms with van der Waals surface area (Å²) in [5.74, 6) is 2.29. The van der Waals surface area contributed by atoms with Crippen LogP contribution in [0.15, 0.2) is 22.6 Å². The van der Waals surface area contributed by atoms with Gasteiger partial charge in [0.2, 0.25) is 6.39 Å². The average molecular weight is 235 g/mol. The molecule has 2 rings (SSSR count). The summed E-state index contributed by atoms with van der Waals surface area (Å²) in [5, 5.41) is 7.28. The Kier molecular flexibility index (Phi) is 4.31. The largest absolute Gasteiger partial charge is 0.343 e. The maximum atomic E-state index is 4.69. The minimum atomic E-state index is 0.729. The van der Waals surface area contributed by atoms with Crippen molar-refractivity contribution in [2.45, 2.75) is 33.1 Å². The van der Waals surface area contributed by atoms with Gasteiger partial charge in [0.1, 0.15) is 0 Å². The van der Waals surface area contributed by atoms with Crippen LogP contribution in [0.2, 0.25) is 0 Å². The first-order valence-electron chi connectivity index (χ1n) is 6.37. The van der Waals surface area contributed by atoms with E-state index in [2.05, 4.69) is 35.4 Å². The Bertz CT molecular complexity index is 359. The zero-order valence-electron chi connectivity index (χ0n) is 10.6. The van der Waals surface area contributed by atoms with Crippen molar-refractivity contribution in [2.24, 2.45) is 11.8 Å². The second-order valence-corrected chi connectivity index (χ2v) is 5.10. The molecule has 1 heterocycles. The zero-order valence-corrected chi connectivity index (χ0v) is 10.6. The fraction of sp³-hybridized carbons (Fsp3) is 0.692. The van der Waals surface area contributed by atoms with E-state index in [1.54, 1.807) is 0 Å². The number of nitrogens with zero attached hydrogens (tertiary/aromatic N) is 2. The molecule has 0 saturated heterocycles. The van der Waals surface area contributed by atoms with Gasteiger partial charge >= 0.3 is 0 Å². The Morgan fingerprint density at radius 1 is 1.53 bits per heavy atom. The van der Waals surface area contributed by atoms with Crippen molar-refractivity contribution >= 4 is 0 Å². The normalized spacial score (nSPS) is 24.7. The number of hydrogen-bond acceptors (Lipinski definition) is 4. The topological polar surface area (TPSA) is 51.0 Å². The second kappa shape index (κ2) is 5.96. The van der Waals surface area contributed by atoms with Crippen LogP contribution < -0.4 is 5.32 Å². The molecule has 1 aromatic rings. The lowest BCUT2D eigenvalue weighted by molar-refractivity contribution is 0.380. The van der Waals surface area contributed by atoms with Crippen LogP contribution in [0.3, 0.4) is 0 Å². The van der Waals surface area contributed by atoms with Gasteiger partial charge in [-0.05, 0) is 38.1 Å². The molecule has 1 aliphatic rings. The monoisotopic (exact) mass is 235 g/mol. The van der Waals surface area contributed by atoms with Gasteiger partial charge < -0.3 is 9.84 Å². The fourth-order valence-corrected chi connectivity index (χ4v) is 2.65. The third kappa shape index (κ3) is 3.97. The fourth-order valence-electron chi connectivity index (χ4n) is 2.65. The minimum Gasteiger partial charge on any atom is -0.343 e. The molecule has 1 aliphatic carbocycles. The molecule has 17 heavy (non-hydrogen) atoms. The van der Waals surface area contributed by atoms with Crippen molar-refractivity contribution in [3.63, 3.8) is 0 Å². The van der Waals surface area contributed by atoms with E-state index in [0.717, 1.165) is 37.2 Å². The Morgan fingerprint density at radius 3 is 3.12 bits per heavy atom. The summed E-state index contributed by atoms with van der Waals surface area (Å²) < 4.78 is 4.69. The second-order valence-electron chi connectivity index (χ2n) is 5.10. The molecule has 0 aromatic carbocycles. The molecule has 0 aliphatic heterocycles. The van der Waals surface area contributed by atoms with Gasteiger partial charge in [-0.25, -0.2) is 0 Å². The number of allylic oxidation sites excluding steroid dienone is 2. The van der Waals surface area contributed by atoms with Crippen LogP contribution in [-0.2, 0) is 6.42 Å². The molecule has 0 bridgehead atoms. The van der Waals surface area contributed by atoms with E-state index in [-0.39, 0.29) is 0 Å². The van der Waals surface area contributed by atoms with E-state index in [1.807, 2.05) is 0 Å². The van der Waals surface area contributed by atoms with Crippen molar-refractivity contribution in [1.82, 2.24) is 15.5 Å². The molecule has 0 fully saturated rings. The molecule has 4 heteroatoms. The summed E-state index contributed by atoms with van der Waals surface area (Å²) in [4.78, 5) is 4.00. The quantitative estimate of drug-likeness (QED) is 0.628. The van der Waals surface area contributed by atoms with Gasteiger partial charge in [-0.3, -0.25) is 0 Å². The molecule has 0 saturated carbocycles. The Morgan fingerprint density at radius 2 is 2.41 bits per heavy atom. The lowest BCUT2D eigenvalue weighted by atomic mass is 9.84. The minimum absolute atomic E-state index is 0.729. The number of aromatic nitrogens is 2. The smallest absolute Gasteiger partial charge is 0.213 e. The van der Waals surface area contributed by atoms with Crippen LogP contribution in [0.5, 0.6) is 0 Å². The maximum absolute atomic E-state index is 4.69. The van der Waals surface area contributed by atoms with E-state index < -0.39 is 0 Å². The molecule has 0 amide bonds. The van der Waals surface area contributed by atoms with Crippen LogP contribution in [0, 0.1) is 11.8 Å². The molecule has 1 aromatic heterocycles. The van der Waals surface area contributed by atoms with Gasteiger partial charge in [-0.2, -0.15) is 4.98 Å². The highest BCUT2D eigenvalue weighted by atomic mass is 16.5. The molecule has 2 unspecified atom stereocenters. The third-order valence-electron chi connectivity index (χ3n) is 3.25. The van der Waals surface area contributed by atoms with Crippen molar-refractivity contribution in [3.05, 3.63) is 23.9 Å². The first-order valence-corrected chi connectivity index (χ1v) is 6.37. The van der Waals surface area contributed by atoms with Crippen LogP contribution in [0.1, 0.15) is 32.5 Å². The SMILES string of the molecule is CC1=CC(C)CC(CNCCc2ncon2)C1. The predicted molar refractivity (Wildman–Crippen MR) is 66.5 cm³/mol. The van der Waals surface area contributed by atoms with Gasteiger partial charge in [0.15, 0.2) is 5.82 Å². The van der Waals surface area contributed by atoms with E-state index in [4.69, 9.17) is 4.52 Å². The van der Waals surface area contributed by atoms with E-state index >= 15 is 0 Å². The van der Waals surface area contributed by atoms with Crippen molar-refractivity contribution in [2.75, 3.05) is 13.1 Å². The standard InChI is InChI=1S/C13H21N3O/c1-10-5-11(2)7-12(6-10)8-14-4-3-13-15-9-17-16-13/h5,9-10,12,14H,3-4,6-8H2,1-2H3. The average Bonchev–Trinajstić information content (AvgIpc) is 2.76. The molecular weight excluding hydrogens is 214 g/mol. The lowest BCUT2D eigenvalue weighted by Gasteiger charge is -2.25. The number of hydrogen-bond donors (Lipinski definition) is 1. The number of nitrogens with one attached hydrogen (secondary N) is 1. The van der Waals surface area contributed by atoms with Crippen molar-refractivity contribution in [3.8, 4) is 0 Å². The first-order chi connectivity index (χ1) is 8.24. The van der Waals surface area contributed by atoms with E-state index in [9.17, 15) is 0 Å². The zero-order chi connectivity index (χ0) is 12.1. The van der Waals surface area contributed by atoms with Gasteiger partial charge in [-0.15, -0.1) is 0 Å². The van der Waals surface area contributed by atoms with Crippen LogP contribution >= 0.6 is 0 Å². The Balaban J connectivity index is 1.64. The van der Waals surface area contributed by atoms with Crippen LogP contribution in [-0.4, -0.2) is 23.2 Å². The Labute approximate surface area is 102 Å².